The second-order valence-electron chi connectivity index (χ2n) is 4.21. The smallest absolute Gasteiger partial charge is 0.168 e. The number of carbonyl (C=O) groups excluding carboxylic acids is 1. The lowest BCUT2D eigenvalue weighted by Gasteiger charge is -2.14. The number of aromatic nitrogens is 1. The van der Waals surface area contributed by atoms with Gasteiger partial charge in [0, 0.05) is 6.04 Å². The van der Waals surface area contributed by atoms with Gasteiger partial charge in [0.05, 0.1) is 10.7 Å². The van der Waals surface area contributed by atoms with Gasteiger partial charge < -0.3 is 4.57 Å². The van der Waals surface area contributed by atoms with Gasteiger partial charge in [0.15, 0.2) is 6.29 Å². The number of rotatable bonds is 3. The summed E-state index contributed by atoms with van der Waals surface area (Å²) in [4.78, 5) is 11.1. The summed E-state index contributed by atoms with van der Waals surface area (Å²) in [5.74, 6) is 0. The Balaban J connectivity index is 2.66. The highest BCUT2D eigenvalue weighted by Crippen LogP contribution is 2.31. The van der Waals surface area contributed by atoms with E-state index >= 15 is 0 Å². The Morgan fingerprint density at radius 2 is 1.88 bits per heavy atom. The van der Waals surface area contributed by atoms with E-state index in [0.29, 0.717) is 10.7 Å². The quantitative estimate of drug-likeness (QED) is 0.745. The average molecular weight is 248 g/mol. The molecule has 0 unspecified atom stereocenters. The van der Waals surface area contributed by atoms with Crippen molar-refractivity contribution >= 4 is 17.9 Å². The fourth-order valence-corrected chi connectivity index (χ4v) is 2.25. The molecule has 0 aliphatic rings. The van der Waals surface area contributed by atoms with Crippen molar-refractivity contribution in [3.63, 3.8) is 0 Å². The van der Waals surface area contributed by atoms with E-state index in [0.717, 1.165) is 17.5 Å². The Kier molecular flexibility index (Phi) is 3.34. The van der Waals surface area contributed by atoms with Crippen LogP contribution < -0.4 is 0 Å². The molecule has 0 aliphatic carbocycles. The number of hydrogen-bond acceptors (Lipinski definition) is 1. The zero-order chi connectivity index (χ0) is 12.4. The molecule has 0 bridgehead atoms. The number of aldehydes is 1. The minimum atomic E-state index is 0.193. The lowest BCUT2D eigenvalue weighted by molar-refractivity contribution is 0.111. The van der Waals surface area contributed by atoms with Gasteiger partial charge in [-0.15, -0.1) is 0 Å². The van der Waals surface area contributed by atoms with E-state index in [1.54, 1.807) is 0 Å². The first kappa shape index (κ1) is 11.9. The summed E-state index contributed by atoms with van der Waals surface area (Å²) in [6.45, 7) is 4.07. The fourth-order valence-electron chi connectivity index (χ4n) is 2.01. The van der Waals surface area contributed by atoms with E-state index in [2.05, 4.69) is 0 Å². The van der Waals surface area contributed by atoms with Crippen molar-refractivity contribution in [1.82, 2.24) is 4.57 Å². The van der Waals surface area contributed by atoms with Crippen LogP contribution in [0.4, 0.5) is 0 Å². The van der Waals surface area contributed by atoms with E-state index in [4.69, 9.17) is 11.6 Å². The van der Waals surface area contributed by atoms with Gasteiger partial charge in [-0.3, -0.25) is 4.79 Å². The largest absolute Gasteiger partial charge is 0.335 e. The molecule has 0 N–H and O–H groups in total. The maximum Gasteiger partial charge on any atom is 0.168 e. The summed E-state index contributed by atoms with van der Waals surface area (Å²) in [5.41, 5.74) is 2.59. The number of nitrogens with zero attached hydrogens (tertiary/aromatic N) is 1. The van der Waals surface area contributed by atoms with Gasteiger partial charge in [-0.05, 0) is 25.5 Å². The van der Waals surface area contributed by atoms with Crippen molar-refractivity contribution in [2.75, 3.05) is 0 Å². The number of benzene rings is 1. The highest BCUT2D eigenvalue weighted by Gasteiger charge is 2.16. The molecule has 17 heavy (non-hydrogen) atoms. The maximum atomic E-state index is 11.1. The molecule has 1 aromatic carbocycles. The van der Waals surface area contributed by atoms with Crippen LogP contribution in [0, 0.1) is 0 Å². The molecule has 0 saturated heterocycles. The molecular formula is C14H14ClNO. The van der Waals surface area contributed by atoms with Crippen LogP contribution in [-0.2, 0) is 0 Å². The predicted octanol–water partition coefficient (Wildman–Crippen LogP) is 4.20. The third-order valence-corrected chi connectivity index (χ3v) is 3.03. The molecule has 2 nitrogen and oxygen atoms in total. The number of carbonyl (C=O) groups is 1. The van der Waals surface area contributed by atoms with Gasteiger partial charge in [0.2, 0.25) is 0 Å². The van der Waals surface area contributed by atoms with Crippen LogP contribution in [0.1, 0.15) is 30.4 Å². The molecule has 0 saturated carbocycles. The average Bonchev–Trinajstić information content (AvgIpc) is 2.67. The topological polar surface area (TPSA) is 22.0 Å². The summed E-state index contributed by atoms with van der Waals surface area (Å²) < 4.78 is 1.96. The summed E-state index contributed by atoms with van der Waals surface area (Å²) in [5, 5.41) is 0.507. The second kappa shape index (κ2) is 4.76. The van der Waals surface area contributed by atoms with Crippen LogP contribution in [0.3, 0.4) is 0 Å². The first-order chi connectivity index (χ1) is 8.15. The van der Waals surface area contributed by atoms with Gasteiger partial charge in [-0.2, -0.15) is 0 Å². The Hall–Kier alpha value is -1.54. The van der Waals surface area contributed by atoms with Crippen LogP contribution in [0.5, 0.6) is 0 Å². The molecule has 0 aliphatic heterocycles. The normalized spacial score (nSPS) is 10.8. The number of hydrogen-bond donors (Lipinski definition) is 0. The van der Waals surface area contributed by atoms with E-state index in [1.165, 1.54) is 0 Å². The zero-order valence-electron chi connectivity index (χ0n) is 9.85. The Bertz CT molecular complexity index is 529. The van der Waals surface area contributed by atoms with Crippen LogP contribution in [0.15, 0.2) is 36.4 Å². The molecule has 1 aromatic heterocycles. The highest BCUT2D eigenvalue weighted by molar-refractivity contribution is 6.33. The fraction of sp³-hybridized carbons (Fsp3) is 0.214. The van der Waals surface area contributed by atoms with Crippen molar-refractivity contribution in [2.24, 2.45) is 0 Å². The Morgan fingerprint density at radius 3 is 2.41 bits per heavy atom. The third-order valence-electron chi connectivity index (χ3n) is 2.72. The van der Waals surface area contributed by atoms with E-state index in [1.807, 2.05) is 54.8 Å². The second-order valence-corrected chi connectivity index (χ2v) is 4.62. The molecule has 2 aromatic rings. The summed E-state index contributed by atoms with van der Waals surface area (Å²) in [6.07, 6.45) is 0.814. The molecule has 0 spiro atoms. The molecule has 88 valence electrons. The predicted molar refractivity (Wildman–Crippen MR) is 70.7 cm³/mol. The van der Waals surface area contributed by atoms with E-state index in [-0.39, 0.29) is 6.04 Å². The van der Waals surface area contributed by atoms with Crippen molar-refractivity contribution in [3.8, 4) is 11.3 Å². The minimum Gasteiger partial charge on any atom is -0.335 e. The maximum absolute atomic E-state index is 11.1. The molecule has 0 amide bonds. The van der Waals surface area contributed by atoms with Crippen molar-refractivity contribution < 1.29 is 4.79 Å². The van der Waals surface area contributed by atoms with Crippen molar-refractivity contribution in [2.45, 2.75) is 19.9 Å². The molecule has 0 atom stereocenters. The van der Waals surface area contributed by atoms with Crippen LogP contribution in [0.25, 0.3) is 11.3 Å². The molecular weight excluding hydrogens is 234 g/mol. The Morgan fingerprint density at radius 1 is 1.24 bits per heavy atom. The molecule has 3 heteroatoms. The zero-order valence-corrected chi connectivity index (χ0v) is 10.6. The molecule has 0 radical (unpaired) electrons. The van der Waals surface area contributed by atoms with Gasteiger partial charge in [0.25, 0.3) is 0 Å². The first-order valence-electron chi connectivity index (χ1n) is 5.56. The van der Waals surface area contributed by atoms with Crippen LogP contribution in [-0.4, -0.2) is 10.9 Å². The van der Waals surface area contributed by atoms with E-state index < -0.39 is 0 Å². The molecule has 1 heterocycles. The monoisotopic (exact) mass is 247 g/mol. The van der Waals surface area contributed by atoms with Crippen LogP contribution >= 0.6 is 11.6 Å². The van der Waals surface area contributed by atoms with Gasteiger partial charge >= 0.3 is 0 Å². The van der Waals surface area contributed by atoms with Gasteiger partial charge in [-0.1, -0.05) is 41.9 Å². The van der Waals surface area contributed by atoms with E-state index in [9.17, 15) is 4.79 Å². The summed E-state index contributed by atoms with van der Waals surface area (Å²) in [6, 6.07) is 12.0. The molecule has 0 fully saturated rings. The molecule has 2 rings (SSSR count). The lowest BCUT2D eigenvalue weighted by Crippen LogP contribution is -2.06. The SMILES string of the molecule is CC(C)n1c(-c2ccccc2)cc(Cl)c1C=O. The first-order valence-corrected chi connectivity index (χ1v) is 5.94. The summed E-state index contributed by atoms with van der Waals surface area (Å²) >= 11 is 6.09. The van der Waals surface area contributed by atoms with Crippen molar-refractivity contribution in [1.29, 1.82) is 0 Å². The van der Waals surface area contributed by atoms with Crippen LogP contribution in [0.2, 0.25) is 5.02 Å². The Labute approximate surface area is 106 Å². The van der Waals surface area contributed by atoms with Gasteiger partial charge in [-0.25, -0.2) is 0 Å². The lowest BCUT2D eigenvalue weighted by atomic mass is 10.1. The standard InChI is InChI=1S/C14H14ClNO/c1-10(2)16-13(8-12(15)14(16)9-17)11-6-4-3-5-7-11/h3-10H,1-2H3. The minimum absolute atomic E-state index is 0.193. The third kappa shape index (κ3) is 2.13. The highest BCUT2D eigenvalue weighted by atomic mass is 35.5. The van der Waals surface area contributed by atoms with Gasteiger partial charge in [0.1, 0.15) is 5.69 Å². The van der Waals surface area contributed by atoms with Crippen molar-refractivity contribution in [3.05, 3.63) is 47.1 Å². The summed E-state index contributed by atoms with van der Waals surface area (Å²) in [7, 11) is 0. The number of halogens is 1.